The molecule has 2 aromatic rings. The molecule has 0 atom stereocenters. The van der Waals surface area contributed by atoms with E-state index >= 15 is 0 Å². The Balaban J connectivity index is 2.62. The fourth-order valence-electron chi connectivity index (χ4n) is 1.66. The summed E-state index contributed by atoms with van der Waals surface area (Å²) < 4.78 is 38.7. The number of alkyl halides is 3. The third kappa shape index (κ3) is 3.77. The first-order chi connectivity index (χ1) is 9.81. The van der Waals surface area contributed by atoms with Crippen LogP contribution in [-0.2, 0) is 6.18 Å². The highest BCUT2D eigenvalue weighted by molar-refractivity contribution is 6.35. The third-order valence-electron chi connectivity index (χ3n) is 2.56. The van der Waals surface area contributed by atoms with Gasteiger partial charge >= 0.3 is 6.18 Å². The molecule has 0 spiro atoms. The minimum Gasteiger partial charge on any atom is -0.354 e. The van der Waals surface area contributed by atoms with Crippen LogP contribution >= 0.6 is 23.2 Å². The van der Waals surface area contributed by atoms with Crippen molar-refractivity contribution in [3.05, 3.63) is 40.0 Å². The van der Waals surface area contributed by atoms with Crippen molar-refractivity contribution in [1.82, 2.24) is 9.97 Å². The molecule has 0 unspecified atom stereocenters. The Bertz CT molecular complexity index is 660. The van der Waals surface area contributed by atoms with E-state index in [0.717, 1.165) is 6.07 Å². The van der Waals surface area contributed by atoms with Gasteiger partial charge in [-0.05, 0) is 31.2 Å². The minimum atomic E-state index is -4.58. The monoisotopic (exact) mass is 335 g/mol. The number of nitrogens with one attached hydrogen (secondary N) is 1. The van der Waals surface area contributed by atoms with Gasteiger partial charge in [-0.2, -0.15) is 13.2 Å². The fourth-order valence-corrected chi connectivity index (χ4v) is 2.05. The summed E-state index contributed by atoms with van der Waals surface area (Å²) in [6.45, 7) is 2.12. The van der Waals surface area contributed by atoms with Gasteiger partial charge in [-0.15, -0.1) is 0 Å². The summed E-state index contributed by atoms with van der Waals surface area (Å²) in [5.41, 5.74) is -0.670. The van der Waals surface area contributed by atoms with Crippen LogP contribution in [0.2, 0.25) is 10.0 Å². The number of rotatable bonds is 3. The van der Waals surface area contributed by atoms with Crippen molar-refractivity contribution in [2.45, 2.75) is 13.1 Å². The first kappa shape index (κ1) is 15.9. The maximum Gasteiger partial charge on any atom is 0.433 e. The van der Waals surface area contributed by atoms with E-state index in [1.807, 2.05) is 0 Å². The van der Waals surface area contributed by atoms with Crippen molar-refractivity contribution in [2.24, 2.45) is 0 Å². The van der Waals surface area contributed by atoms with Crippen molar-refractivity contribution in [3.63, 3.8) is 0 Å². The van der Waals surface area contributed by atoms with Crippen molar-refractivity contribution in [3.8, 4) is 11.3 Å². The quantitative estimate of drug-likeness (QED) is 0.866. The van der Waals surface area contributed by atoms with Crippen LogP contribution in [0.3, 0.4) is 0 Å². The van der Waals surface area contributed by atoms with Gasteiger partial charge in [0.05, 0.1) is 10.7 Å². The highest BCUT2D eigenvalue weighted by atomic mass is 35.5. The molecule has 112 valence electrons. The summed E-state index contributed by atoms with van der Waals surface area (Å²) in [6, 6.07) is 5.35. The summed E-state index contributed by atoms with van der Waals surface area (Å²) in [5, 5.41) is 3.28. The third-order valence-corrected chi connectivity index (χ3v) is 3.12. The second kappa shape index (κ2) is 6.07. The summed E-state index contributed by atoms with van der Waals surface area (Å²) >= 11 is 11.9. The molecule has 21 heavy (non-hydrogen) atoms. The minimum absolute atomic E-state index is 0.0563. The van der Waals surface area contributed by atoms with E-state index in [0.29, 0.717) is 17.1 Å². The first-order valence-electron chi connectivity index (χ1n) is 5.97. The lowest BCUT2D eigenvalue weighted by Crippen LogP contribution is -2.12. The summed E-state index contributed by atoms with van der Waals surface area (Å²) in [5.74, 6) is -0.113. The van der Waals surface area contributed by atoms with E-state index in [4.69, 9.17) is 23.2 Å². The number of nitrogens with zero attached hydrogens (tertiary/aromatic N) is 2. The Labute approximate surface area is 129 Å². The molecule has 0 radical (unpaired) electrons. The van der Waals surface area contributed by atoms with E-state index < -0.39 is 11.9 Å². The highest BCUT2D eigenvalue weighted by Crippen LogP contribution is 2.34. The van der Waals surface area contributed by atoms with Gasteiger partial charge in [0, 0.05) is 17.1 Å². The number of halogens is 5. The normalized spacial score (nSPS) is 11.5. The molecular weight excluding hydrogens is 326 g/mol. The molecule has 2 rings (SSSR count). The molecule has 1 aromatic heterocycles. The van der Waals surface area contributed by atoms with Crippen LogP contribution in [0, 0.1) is 0 Å². The second-order valence-corrected chi connectivity index (χ2v) is 4.96. The highest BCUT2D eigenvalue weighted by Gasteiger charge is 2.34. The average molecular weight is 336 g/mol. The van der Waals surface area contributed by atoms with Crippen LogP contribution in [-0.4, -0.2) is 16.5 Å². The van der Waals surface area contributed by atoms with Crippen molar-refractivity contribution in [1.29, 1.82) is 0 Å². The second-order valence-electron chi connectivity index (χ2n) is 4.11. The lowest BCUT2D eigenvalue weighted by Gasteiger charge is -2.12. The lowest BCUT2D eigenvalue weighted by atomic mass is 10.1. The number of benzene rings is 1. The SMILES string of the molecule is CCNc1nc(-c2cc(Cl)ccc2Cl)cc(C(F)(F)F)n1. The summed E-state index contributed by atoms with van der Waals surface area (Å²) in [7, 11) is 0. The lowest BCUT2D eigenvalue weighted by molar-refractivity contribution is -0.141. The molecule has 0 fully saturated rings. The summed E-state index contributed by atoms with van der Waals surface area (Å²) in [4.78, 5) is 7.49. The van der Waals surface area contributed by atoms with Gasteiger partial charge in [-0.1, -0.05) is 23.2 Å². The molecule has 0 bridgehead atoms. The molecule has 0 saturated carbocycles. The van der Waals surface area contributed by atoms with Crippen LogP contribution in [0.15, 0.2) is 24.3 Å². The number of aromatic nitrogens is 2. The number of hydrogen-bond acceptors (Lipinski definition) is 3. The molecule has 0 aliphatic rings. The maximum absolute atomic E-state index is 12.9. The van der Waals surface area contributed by atoms with Crippen molar-refractivity contribution in [2.75, 3.05) is 11.9 Å². The van der Waals surface area contributed by atoms with E-state index in [2.05, 4.69) is 15.3 Å². The van der Waals surface area contributed by atoms with E-state index in [-0.39, 0.29) is 16.7 Å². The molecule has 0 aliphatic carbocycles. The Kier molecular flexibility index (Phi) is 4.58. The summed E-state index contributed by atoms with van der Waals surface area (Å²) in [6.07, 6.45) is -4.58. The van der Waals surface area contributed by atoms with Gasteiger partial charge < -0.3 is 5.32 Å². The zero-order valence-electron chi connectivity index (χ0n) is 10.8. The van der Waals surface area contributed by atoms with Gasteiger partial charge in [0.1, 0.15) is 0 Å². The molecule has 0 saturated heterocycles. The van der Waals surface area contributed by atoms with E-state index in [1.54, 1.807) is 13.0 Å². The van der Waals surface area contributed by atoms with Crippen molar-refractivity contribution < 1.29 is 13.2 Å². The Morgan fingerprint density at radius 1 is 1.14 bits per heavy atom. The van der Waals surface area contributed by atoms with Crippen LogP contribution in [0.25, 0.3) is 11.3 Å². The number of hydrogen-bond donors (Lipinski definition) is 1. The smallest absolute Gasteiger partial charge is 0.354 e. The molecule has 0 amide bonds. The molecule has 3 nitrogen and oxygen atoms in total. The zero-order chi connectivity index (χ0) is 15.6. The van der Waals surface area contributed by atoms with Crippen LogP contribution in [0.5, 0.6) is 0 Å². The van der Waals surface area contributed by atoms with Gasteiger partial charge in [0.2, 0.25) is 5.95 Å². The predicted octanol–water partition coefficient (Wildman–Crippen LogP) is 4.90. The van der Waals surface area contributed by atoms with E-state index in [1.165, 1.54) is 12.1 Å². The molecule has 8 heteroatoms. The Morgan fingerprint density at radius 2 is 1.86 bits per heavy atom. The molecule has 1 aromatic carbocycles. The van der Waals surface area contributed by atoms with Crippen molar-refractivity contribution >= 4 is 29.2 Å². The topological polar surface area (TPSA) is 37.8 Å². The number of anilines is 1. The van der Waals surface area contributed by atoms with Crippen LogP contribution in [0.4, 0.5) is 19.1 Å². The van der Waals surface area contributed by atoms with Gasteiger partial charge in [-0.3, -0.25) is 0 Å². The van der Waals surface area contributed by atoms with Gasteiger partial charge in [0.25, 0.3) is 0 Å². The fraction of sp³-hybridized carbons (Fsp3) is 0.231. The molecule has 1 N–H and O–H groups in total. The van der Waals surface area contributed by atoms with Gasteiger partial charge in [-0.25, -0.2) is 9.97 Å². The predicted molar refractivity (Wildman–Crippen MR) is 76.7 cm³/mol. The Hall–Kier alpha value is -1.53. The molecule has 0 aliphatic heterocycles. The zero-order valence-corrected chi connectivity index (χ0v) is 12.3. The maximum atomic E-state index is 12.9. The van der Waals surface area contributed by atoms with Crippen LogP contribution < -0.4 is 5.32 Å². The first-order valence-corrected chi connectivity index (χ1v) is 6.72. The van der Waals surface area contributed by atoms with E-state index in [9.17, 15) is 13.2 Å². The Morgan fingerprint density at radius 3 is 2.48 bits per heavy atom. The largest absolute Gasteiger partial charge is 0.433 e. The molecular formula is C13H10Cl2F3N3. The molecule has 1 heterocycles. The standard InChI is InChI=1S/C13H10Cl2F3N3/c1-2-19-12-20-10(6-11(21-12)13(16,17)18)8-5-7(14)3-4-9(8)15/h3-6H,2H2,1H3,(H,19,20,21). The van der Waals surface area contributed by atoms with Gasteiger partial charge in [0.15, 0.2) is 5.69 Å². The average Bonchev–Trinajstić information content (AvgIpc) is 2.40. The van der Waals surface area contributed by atoms with Crippen LogP contribution in [0.1, 0.15) is 12.6 Å².